The molecule has 5 heteroatoms. The van der Waals surface area contributed by atoms with E-state index >= 15 is 0 Å². The molecule has 0 spiro atoms. The van der Waals surface area contributed by atoms with Crippen molar-refractivity contribution in [1.29, 1.82) is 0 Å². The molecule has 0 radical (unpaired) electrons. The first kappa shape index (κ1) is 22.5. The minimum Gasteiger partial charge on any atom is -0.147 e. The Balaban J connectivity index is 0.00000220. The Morgan fingerprint density at radius 1 is 0.955 bits per heavy atom. The quantitative estimate of drug-likeness (QED) is 0.566. The molecule has 2 rings (SSSR count). The number of allylic oxidation sites excluding steroid dienone is 4. The zero-order chi connectivity index (χ0) is 15.2. The van der Waals surface area contributed by atoms with Gasteiger partial charge in [-0.25, -0.2) is 0 Å². The van der Waals surface area contributed by atoms with Crippen LogP contribution in [0.4, 0.5) is 5.69 Å². The summed E-state index contributed by atoms with van der Waals surface area (Å²) in [4.78, 5) is 0. The topological polar surface area (TPSA) is 12.0 Å². The van der Waals surface area contributed by atoms with E-state index in [2.05, 4.69) is 70.6 Å². The van der Waals surface area contributed by atoms with Crippen molar-refractivity contribution >= 4 is 42.6 Å². The van der Waals surface area contributed by atoms with Crippen molar-refractivity contribution in [3.05, 3.63) is 50.3 Å². The molecule has 0 heterocycles. The van der Waals surface area contributed by atoms with Crippen LogP contribution in [0.3, 0.4) is 0 Å². The van der Waals surface area contributed by atoms with Crippen LogP contribution in [0, 0.1) is 5.92 Å². The minimum absolute atomic E-state index is 0. The number of para-hydroxylation sites is 1. The van der Waals surface area contributed by atoms with E-state index in [-0.39, 0.29) is 24.8 Å². The van der Waals surface area contributed by atoms with Gasteiger partial charge < -0.3 is 0 Å². The summed E-state index contributed by atoms with van der Waals surface area (Å²) in [6, 6.07) is 10.8. The van der Waals surface area contributed by atoms with Gasteiger partial charge >= 0.3 is 130 Å². The standard InChI is InChI=1S/C9H13.C6H6N.2CH3.2ClH.GeH2.Zr/c1-6-5-7(2)9(4)8(6)3;7-6-4-2-1-3-5-6;;;;;;/h6H,1-4H3;1-5,7H;2*1H3;2*1H;1H2;/q;-1;;;;;;+1. The second-order valence-corrected chi connectivity index (χ2v) is 48.7. The van der Waals surface area contributed by atoms with Crippen molar-refractivity contribution < 1.29 is 16.0 Å². The molecule has 1 aromatic rings. The van der Waals surface area contributed by atoms with Crippen LogP contribution in [0.5, 0.6) is 0 Å². The second-order valence-electron chi connectivity index (χ2n) is 7.25. The molecule has 1 aliphatic rings. The summed E-state index contributed by atoms with van der Waals surface area (Å²) in [6.45, 7) is 9.33. The van der Waals surface area contributed by atoms with Crippen molar-refractivity contribution in [3.63, 3.8) is 0 Å². The van der Waals surface area contributed by atoms with Gasteiger partial charge in [-0.3, -0.25) is 0 Å². The molecule has 0 saturated heterocycles. The Bertz CT molecular complexity index is 671. The molecule has 22 heavy (non-hydrogen) atoms. The predicted octanol–water partition coefficient (Wildman–Crippen LogP) is 5.45. The first-order valence-electron chi connectivity index (χ1n) is 7.42. The number of rotatable bonds is 3. The fourth-order valence-electron chi connectivity index (χ4n) is 3.71. The monoisotopic (exact) mass is 481 g/mol. The number of halogens is 2. The Morgan fingerprint density at radius 2 is 1.45 bits per heavy atom. The van der Waals surface area contributed by atoms with Crippen LogP contribution >= 0.6 is 24.8 Å². The van der Waals surface area contributed by atoms with Gasteiger partial charge in [-0.05, 0) is 0 Å². The summed E-state index contributed by atoms with van der Waals surface area (Å²) in [5, 5.41) is 0. The van der Waals surface area contributed by atoms with E-state index in [4.69, 9.17) is 0 Å². The third-order valence-corrected chi connectivity index (χ3v) is 20.7. The first-order valence-corrected chi connectivity index (χ1v) is 25.3. The van der Waals surface area contributed by atoms with Crippen LogP contribution < -0.4 is 3.26 Å². The van der Waals surface area contributed by atoms with E-state index in [1.807, 2.05) is 0 Å². The molecule has 0 aromatic heterocycles. The normalized spacial score (nSPS) is 18.8. The van der Waals surface area contributed by atoms with E-state index in [0.29, 0.717) is 5.92 Å². The maximum atomic E-state index is 4.02. The smallest absolute Gasteiger partial charge is 0.147 e. The molecule has 0 aliphatic heterocycles. The van der Waals surface area contributed by atoms with Crippen LogP contribution in [0.1, 0.15) is 27.7 Å². The van der Waals surface area contributed by atoms with Gasteiger partial charge in [0.1, 0.15) is 0 Å². The summed E-state index contributed by atoms with van der Waals surface area (Å²) >= 11 is -1.60. The van der Waals surface area contributed by atoms with Crippen molar-refractivity contribution in [1.82, 2.24) is 0 Å². The minimum atomic E-state index is -2.99. The summed E-state index contributed by atoms with van der Waals surface area (Å²) in [6.07, 6.45) is 0. The molecular formula is C17H29Cl2GeNZr. The molecule has 1 aliphatic carbocycles. The van der Waals surface area contributed by atoms with Gasteiger partial charge in [-0.2, -0.15) is 0 Å². The molecule has 1 nitrogen and oxygen atoms in total. The molecular weight excluding hydrogens is 453 g/mol. The number of nitrogens with one attached hydrogen (secondary N) is 1. The van der Waals surface area contributed by atoms with Crippen LogP contribution in [-0.4, -0.2) is 12.1 Å². The number of benzene rings is 1. The SMILES string of the molecule is CC1=C(C)C(C)[C]([Zr]([CH3])([CH3])(=[GeH2])[NH]c2ccccc2)=C1C.Cl.Cl. The number of anilines is 1. The molecule has 0 saturated carbocycles. The van der Waals surface area contributed by atoms with Crippen LogP contribution in [0.2, 0.25) is 9.26 Å². The van der Waals surface area contributed by atoms with E-state index in [0.717, 1.165) is 0 Å². The predicted molar refractivity (Wildman–Crippen MR) is 105 cm³/mol. The molecule has 1 aromatic carbocycles. The molecule has 1 unspecified atom stereocenters. The van der Waals surface area contributed by atoms with Crippen molar-refractivity contribution in [2.45, 2.75) is 37.0 Å². The fourth-order valence-corrected chi connectivity index (χ4v) is 23.7. The average Bonchev–Trinajstić information content (AvgIpc) is 2.54. The number of hydrogen-bond donors (Lipinski definition) is 1. The molecule has 0 fully saturated rings. The van der Waals surface area contributed by atoms with Gasteiger partial charge in [0.05, 0.1) is 0 Å². The Morgan fingerprint density at radius 3 is 1.86 bits per heavy atom. The fraction of sp³-hybridized carbons (Fsp3) is 0.412. The van der Waals surface area contributed by atoms with Gasteiger partial charge in [0.15, 0.2) is 0 Å². The molecule has 124 valence electrons. The molecule has 0 bridgehead atoms. The largest absolute Gasteiger partial charge is 0.147 e. The Hall–Kier alpha value is 0.506. The molecule has 1 N–H and O–H groups in total. The van der Waals surface area contributed by atoms with Crippen molar-refractivity contribution in [3.8, 4) is 0 Å². The summed E-state index contributed by atoms with van der Waals surface area (Å²) in [5.41, 5.74) is 5.97. The number of hydrogen-bond acceptors (Lipinski definition) is 1. The van der Waals surface area contributed by atoms with Gasteiger partial charge in [0.25, 0.3) is 0 Å². The maximum absolute atomic E-state index is 4.02. The zero-order valence-corrected chi connectivity index (χ0v) is 21.5. The maximum Gasteiger partial charge on any atom is -0.147 e. The summed E-state index contributed by atoms with van der Waals surface area (Å²) < 4.78 is 10.9. The summed E-state index contributed by atoms with van der Waals surface area (Å²) in [7, 11) is 0. The van der Waals surface area contributed by atoms with Crippen LogP contribution in [0.25, 0.3) is 0 Å². The van der Waals surface area contributed by atoms with Crippen LogP contribution in [0.15, 0.2) is 50.3 Å². The Labute approximate surface area is 154 Å². The molecule has 0 amide bonds. The van der Waals surface area contributed by atoms with E-state index in [9.17, 15) is 0 Å². The third-order valence-electron chi connectivity index (χ3n) is 4.82. The van der Waals surface area contributed by atoms with E-state index in [1.165, 1.54) is 23.4 Å². The van der Waals surface area contributed by atoms with Crippen molar-refractivity contribution in [2.24, 2.45) is 5.92 Å². The van der Waals surface area contributed by atoms with Gasteiger partial charge in [0.2, 0.25) is 0 Å². The average molecular weight is 482 g/mol. The zero-order valence-electron chi connectivity index (χ0n) is 14.5. The summed E-state index contributed by atoms with van der Waals surface area (Å²) in [5.74, 6) is 0.626. The van der Waals surface area contributed by atoms with Gasteiger partial charge in [0, 0.05) is 0 Å². The second kappa shape index (κ2) is 7.60. The van der Waals surface area contributed by atoms with Gasteiger partial charge in [-0.15, -0.1) is 24.8 Å². The molecule has 1 atom stereocenters. The Kier molecular flexibility index (Phi) is 7.77. The van der Waals surface area contributed by atoms with E-state index in [1.54, 1.807) is 14.4 Å². The van der Waals surface area contributed by atoms with E-state index < -0.39 is 16.0 Å². The first-order chi connectivity index (χ1) is 9.12. The third kappa shape index (κ3) is 4.32. The van der Waals surface area contributed by atoms with Gasteiger partial charge in [-0.1, -0.05) is 0 Å². The van der Waals surface area contributed by atoms with Crippen LogP contribution in [-0.2, 0) is 16.0 Å². The van der Waals surface area contributed by atoms with Crippen molar-refractivity contribution in [2.75, 3.05) is 3.26 Å².